The fraction of sp³-hybridized carbons (Fsp3) is 0.643. The lowest BCUT2D eigenvalue weighted by molar-refractivity contribution is -0.120. The van der Waals surface area contributed by atoms with Gasteiger partial charge in [-0.1, -0.05) is 30.2 Å². The van der Waals surface area contributed by atoms with Crippen molar-refractivity contribution in [2.45, 2.75) is 53.4 Å². The molecule has 1 amide bonds. The van der Waals surface area contributed by atoms with Crippen LogP contribution in [-0.2, 0) is 4.79 Å². The summed E-state index contributed by atoms with van der Waals surface area (Å²) in [5.41, 5.74) is 2.71. The zero-order chi connectivity index (χ0) is 12.4. The van der Waals surface area contributed by atoms with E-state index in [0.29, 0.717) is 13.0 Å². The smallest absolute Gasteiger partial charge is 0.220 e. The number of carbonyl (C=O) groups is 1. The lowest BCUT2D eigenvalue weighted by Gasteiger charge is -2.02. The maximum Gasteiger partial charge on any atom is 0.220 e. The first kappa shape index (κ1) is 14.9. The van der Waals surface area contributed by atoms with Crippen molar-refractivity contribution in [2.75, 3.05) is 6.54 Å². The highest BCUT2D eigenvalue weighted by molar-refractivity contribution is 5.75. The van der Waals surface area contributed by atoms with E-state index in [0.717, 1.165) is 19.3 Å². The fourth-order valence-corrected chi connectivity index (χ4v) is 1.35. The number of rotatable bonds is 7. The minimum absolute atomic E-state index is 0.149. The van der Waals surface area contributed by atoms with Gasteiger partial charge in [-0.05, 0) is 40.0 Å². The summed E-state index contributed by atoms with van der Waals surface area (Å²) < 4.78 is 0. The van der Waals surface area contributed by atoms with Crippen LogP contribution in [0.3, 0.4) is 0 Å². The van der Waals surface area contributed by atoms with Gasteiger partial charge in [0.15, 0.2) is 0 Å². The molecule has 1 N–H and O–H groups in total. The Morgan fingerprint density at radius 3 is 2.38 bits per heavy atom. The average molecular weight is 223 g/mol. The van der Waals surface area contributed by atoms with Crippen molar-refractivity contribution in [1.29, 1.82) is 0 Å². The Hall–Kier alpha value is -1.05. The number of amides is 1. The van der Waals surface area contributed by atoms with Gasteiger partial charge in [-0.25, -0.2) is 0 Å². The number of carbonyl (C=O) groups excluding carboxylic acids is 1. The highest BCUT2D eigenvalue weighted by Gasteiger charge is 1.95. The van der Waals surface area contributed by atoms with E-state index in [-0.39, 0.29) is 5.91 Å². The maximum absolute atomic E-state index is 11.2. The molecule has 0 spiro atoms. The molecule has 0 saturated heterocycles. The van der Waals surface area contributed by atoms with Gasteiger partial charge in [0.1, 0.15) is 0 Å². The van der Waals surface area contributed by atoms with Gasteiger partial charge < -0.3 is 5.32 Å². The molecule has 0 aliphatic carbocycles. The van der Waals surface area contributed by atoms with Crippen molar-refractivity contribution in [3.63, 3.8) is 0 Å². The monoisotopic (exact) mass is 223 g/mol. The summed E-state index contributed by atoms with van der Waals surface area (Å²) in [6, 6.07) is 0. The van der Waals surface area contributed by atoms with Crippen LogP contribution in [0.15, 0.2) is 23.3 Å². The zero-order valence-corrected chi connectivity index (χ0v) is 11.1. The molecule has 0 fully saturated rings. The van der Waals surface area contributed by atoms with Gasteiger partial charge in [0.2, 0.25) is 5.91 Å². The third-order valence-corrected chi connectivity index (χ3v) is 2.32. The second kappa shape index (κ2) is 9.20. The van der Waals surface area contributed by atoms with Crippen molar-refractivity contribution in [3.8, 4) is 0 Å². The quantitative estimate of drug-likeness (QED) is 0.656. The SMILES string of the molecule is CCCC(=O)NC/C=C(\C)CCC=C(C)C. The molecule has 0 rings (SSSR count). The first-order valence-electron chi connectivity index (χ1n) is 6.12. The summed E-state index contributed by atoms with van der Waals surface area (Å²) in [4.78, 5) is 11.2. The van der Waals surface area contributed by atoms with Crippen LogP contribution in [0.25, 0.3) is 0 Å². The molecular formula is C14H25NO. The van der Waals surface area contributed by atoms with E-state index in [1.165, 1.54) is 11.1 Å². The van der Waals surface area contributed by atoms with Gasteiger partial charge in [-0.15, -0.1) is 0 Å². The van der Waals surface area contributed by atoms with E-state index in [2.05, 4.69) is 38.2 Å². The maximum atomic E-state index is 11.2. The number of hydrogen-bond acceptors (Lipinski definition) is 1. The second-order valence-corrected chi connectivity index (χ2v) is 4.42. The van der Waals surface area contributed by atoms with Crippen molar-refractivity contribution in [2.24, 2.45) is 0 Å². The molecule has 0 aliphatic rings. The molecule has 2 nitrogen and oxygen atoms in total. The molecule has 0 aromatic rings. The van der Waals surface area contributed by atoms with Gasteiger partial charge in [0.05, 0.1) is 0 Å². The third kappa shape index (κ3) is 9.50. The van der Waals surface area contributed by atoms with Crippen molar-refractivity contribution < 1.29 is 4.79 Å². The first-order valence-corrected chi connectivity index (χ1v) is 6.12. The minimum Gasteiger partial charge on any atom is -0.353 e. The topological polar surface area (TPSA) is 29.1 Å². The van der Waals surface area contributed by atoms with E-state index < -0.39 is 0 Å². The lowest BCUT2D eigenvalue weighted by atomic mass is 10.1. The number of hydrogen-bond donors (Lipinski definition) is 1. The van der Waals surface area contributed by atoms with Crippen LogP contribution in [0.1, 0.15) is 53.4 Å². The summed E-state index contributed by atoms with van der Waals surface area (Å²) in [7, 11) is 0. The molecule has 0 radical (unpaired) electrons. The summed E-state index contributed by atoms with van der Waals surface area (Å²) in [6.45, 7) is 9.03. The molecule has 0 aromatic heterocycles. The van der Waals surface area contributed by atoms with Gasteiger partial charge >= 0.3 is 0 Å². The highest BCUT2D eigenvalue weighted by Crippen LogP contribution is 2.05. The van der Waals surface area contributed by atoms with E-state index >= 15 is 0 Å². The third-order valence-electron chi connectivity index (χ3n) is 2.32. The predicted octanol–water partition coefficient (Wildman–Crippen LogP) is 3.60. The molecule has 0 unspecified atom stereocenters. The van der Waals surface area contributed by atoms with Crippen LogP contribution >= 0.6 is 0 Å². The molecule has 0 bridgehead atoms. The van der Waals surface area contributed by atoms with E-state index in [9.17, 15) is 4.79 Å². The standard InChI is InChI=1S/C14H25NO/c1-5-7-14(16)15-11-10-13(4)9-6-8-12(2)3/h8,10H,5-7,9,11H2,1-4H3,(H,15,16)/b13-10+. The lowest BCUT2D eigenvalue weighted by Crippen LogP contribution is -2.22. The Labute approximate surface area is 99.8 Å². The van der Waals surface area contributed by atoms with Crippen molar-refractivity contribution in [1.82, 2.24) is 5.32 Å². The molecule has 16 heavy (non-hydrogen) atoms. The molecule has 0 saturated carbocycles. The van der Waals surface area contributed by atoms with Gasteiger partial charge in [-0.3, -0.25) is 4.79 Å². The number of allylic oxidation sites excluding steroid dienone is 3. The van der Waals surface area contributed by atoms with E-state index in [4.69, 9.17) is 0 Å². The van der Waals surface area contributed by atoms with Crippen LogP contribution in [0.5, 0.6) is 0 Å². The molecule has 0 aromatic carbocycles. The van der Waals surface area contributed by atoms with E-state index in [1.807, 2.05) is 6.92 Å². The summed E-state index contributed by atoms with van der Waals surface area (Å²) in [5, 5.41) is 2.88. The average Bonchev–Trinajstić information content (AvgIpc) is 2.17. The van der Waals surface area contributed by atoms with E-state index in [1.54, 1.807) is 0 Å². The number of nitrogens with one attached hydrogen (secondary N) is 1. The minimum atomic E-state index is 0.149. The van der Waals surface area contributed by atoms with Gasteiger partial charge in [0.25, 0.3) is 0 Å². The summed E-state index contributed by atoms with van der Waals surface area (Å²) in [5.74, 6) is 0.149. The fourth-order valence-electron chi connectivity index (χ4n) is 1.35. The summed E-state index contributed by atoms with van der Waals surface area (Å²) >= 11 is 0. The molecule has 2 heteroatoms. The van der Waals surface area contributed by atoms with Crippen LogP contribution in [0, 0.1) is 0 Å². The molecular weight excluding hydrogens is 198 g/mol. The predicted molar refractivity (Wildman–Crippen MR) is 70.3 cm³/mol. The molecule has 0 aliphatic heterocycles. The Morgan fingerprint density at radius 1 is 1.12 bits per heavy atom. The molecule has 92 valence electrons. The first-order chi connectivity index (χ1) is 7.56. The van der Waals surface area contributed by atoms with Crippen LogP contribution in [0.4, 0.5) is 0 Å². The Balaban J connectivity index is 3.70. The second-order valence-electron chi connectivity index (χ2n) is 4.42. The molecule has 0 heterocycles. The Morgan fingerprint density at radius 2 is 1.81 bits per heavy atom. The zero-order valence-electron chi connectivity index (χ0n) is 11.1. The Kier molecular flexibility index (Phi) is 8.59. The van der Waals surface area contributed by atoms with Crippen molar-refractivity contribution in [3.05, 3.63) is 23.3 Å². The van der Waals surface area contributed by atoms with Crippen LogP contribution < -0.4 is 5.32 Å². The van der Waals surface area contributed by atoms with Crippen LogP contribution in [-0.4, -0.2) is 12.5 Å². The molecule has 0 atom stereocenters. The van der Waals surface area contributed by atoms with Crippen molar-refractivity contribution >= 4 is 5.91 Å². The van der Waals surface area contributed by atoms with Gasteiger partial charge in [0, 0.05) is 13.0 Å². The highest BCUT2D eigenvalue weighted by atomic mass is 16.1. The Bertz CT molecular complexity index is 260. The summed E-state index contributed by atoms with van der Waals surface area (Å²) in [6.07, 6.45) is 8.06. The van der Waals surface area contributed by atoms with Crippen LogP contribution in [0.2, 0.25) is 0 Å². The normalized spacial score (nSPS) is 11.1. The van der Waals surface area contributed by atoms with Gasteiger partial charge in [-0.2, -0.15) is 0 Å². The largest absolute Gasteiger partial charge is 0.353 e.